The van der Waals surface area contributed by atoms with Gasteiger partial charge in [0.15, 0.2) is 0 Å². The topological polar surface area (TPSA) is 90.5 Å². The van der Waals surface area contributed by atoms with E-state index in [0.717, 1.165) is 38.0 Å². The van der Waals surface area contributed by atoms with E-state index < -0.39 is 10.0 Å². The summed E-state index contributed by atoms with van der Waals surface area (Å²) in [5, 5.41) is 9.43. The lowest BCUT2D eigenvalue weighted by atomic mass is 10.1. The van der Waals surface area contributed by atoms with Crippen LogP contribution in [0.3, 0.4) is 0 Å². The van der Waals surface area contributed by atoms with E-state index in [9.17, 15) is 13.2 Å². The first-order valence-electron chi connectivity index (χ1n) is 9.83. The summed E-state index contributed by atoms with van der Waals surface area (Å²) in [6.45, 7) is 8.81. The Balaban J connectivity index is 2.31. The Labute approximate surface area is 163 Å². The molecule has 0 aliphatic carbocycles. The molecule has 7 nitrogen and oxygen atoms in total. The molecule has 1 aromatic rings. The van der Waals surface area contributed by atoms with Gasteiger partial charge in [-0.15, -0.1) is 0 Å². The van der Waals surface area contributed by atoms with Crippen molar-refractivity contribution >= 4 is 27.3 Å². The van der Waals surface area contributed by atoms with Crippen LogP contribution in [0.5, 0.6) is 0 Å². The van der Waals surface area contributed by atoms with Crippen molar-refractivity contribution in [1.29, 1.82) is 0 Å². The molecule has 2 rings (SSSR count). The number of nitrogens with zero attached hydrogens (tertiary/aromatic N) is 1. The summed E-state index contributed by atoms with van der Waals surface area (Å²) >= 11 is 0. The highest BCUT2D eigenvalue weighted by molar-refractivity contribution is 7.89. The number of sulfonamides is 1. The molecule has 0 bridgehead atoms. The molecule has 27 heavy (non-hydrogen) atoms. The van der Waals surface area contributed by atoms with Crippen molar-refractivity contribution in [2.24, 2.45) is 5.92 Å². The third-order valence-electron chi connectivity index (χ3n) is 4.87. The van der Waals surface area contributed by atoms with Gasteiger partial charge in [-0.25, -0.2) is 8.42 Å². The molecule has 1 atom stereocenters. The third kappa shape index (κ3) is 5.43. The van der Waals surface area contributed by atoms with Gasteiger partial charge in [0.1, 0.15) is 0 Å². The molecular weight excluding hydrogens is 364 g/mol. The second-order valence-corrected chi connectivity index (χ2v) is 8.69. The van der Waals surface area contributed by atoms with Gasteiger partial charge in [0.25, 0.3) is 0 Å². The van der Waals surface area contributed by atoms with Crippen LogP contribution in [0.25, 0.3) is 0 Å². The highest BCUT2D eigenvalue weighted by Gasteiger charge is 2.25. The molecule has 152 valence electrons. The Morgan fingerprint density at radius 2 is 1.96 bits per heavy atom. The molecule has 1 amide bonds. The van der Waals surface area contributed by atoms with Gasteiger partial charge in [-0.1, -0.05) is 27.2 Å². The normalized spacial score (nSPS) is 17.3. The summed E-state index contributed by atoms with van der Waals surface area (Å²) in [5.74, 6) is -0.160. The van der Waals surface area contributed by atoms with Crippen LogP contribution in [0.15, 0.2) is 23.1 Å². The highest BCUT2D eigenvalue weighted by Crippen LogP contribution is 2.28. The Hall–Kier alpha value is -1.64. The van der Waals surface area contributed by atoms with Gasteiger partial charge in [0, 0.05) is 26.2 Å². The lowest BCUT2D eigenvalue weighted by Gasteiger charge is -2.21. The van der Waals surface area contributed by atoms with Crippen LogP contribution >= 0.6 is 0 Å². The summed E-state index contributed by atoms with van der Waals surface area (Å²) in [7, 11) is -3.58. The molecule has 0 radical (unpaired) electrons. The third-order valence-corrected chi connectivity index (χ3v) is 6.91. The minimum absolute atomic E-state index is 0.0732. The van der Waals surface area contributed by atoms with Crippen molar-refractivity contribution < 1.29 is 13.2 Å². The van der Waals surface area contributed by atoms with E-state index in [0.29, 0.717) is 25.3 Å². The first-order chi connectivity index (χ1) is 12.9. The first kappa shape index (κ1) is 21.7. The minimum atomic E-state index is -3.58. The van der Waals surface area contributed by atoms with Gasteiger partial charge >= 0.3 is 0 Å². The number of hydrogen-bond donors (Lipinski definition) is 3. The summed E-state index contributed by atoms with van der Waals surface area (Å²) < 4.78 is 27.1. The predicted octanol–water partition coefficient (Wildman–Crippen LogP) is 2.48. The predicted molar refractivity (Wildman–Crippen MR) is 110 cm³/mol. The lowest BCUT2D eigenvalue weighted by molar-refractivity contribution is -0.119. The number of hydrogen-bond acceptors (Lipinski definition) is 5. The largest absolute Gasteiger partial charge is 0.383 e. The van der Waals surface area contributed by atoms with Crippen molar-refractivity contribution in [2.75, 3.05) is 43.4 Å². The molecule has 1 heterocycles. The Kier molecular flexibility index (Phi) is 8.07. The van der Waals surface area contributed by atoms with Crippen molar-refractivity contribution in [3.05, 3.63) is 18.2 Å². The maximum atomic E-state index is 12.8. The zero-order valence-electron chi connectivity index (χ0n) is 16.5. The van der Waals surface area contributed by atoms with Crippen LogP contribution in [-0.4, -0.2) is 51.4 Å². The highest BCUT2D eigenvalue weighted by atomic mass is 32.2. The van der Waals surface area contributed by atoms with E-state index in [1.165, 1.54) is 4.31 Å². The molecular formula is C19H32N4O3S. The number of amides is 1. The molecule has 1 aromatic carbocycles. The minimum Gasteiger partial charge on any atom is -0.383 e. The van der Waals surface area contributed by atoms with Crippen molar-refractivity contribution in [3.8, 4) is 0 Å². The molecule has 1 saturated heterocycles. The molecule has 0 aromatic heterocycles. The second-order valence-electron chi connectivity index (χ2n) is 6.76. The van der Waals surface area contributed by atoms with E-state index in [4.69, 9.17) is 0 Å². The number of benzene rings is 1. The fourth-order valence-corrected chi connectivity index (χ4v) is 4.65. The molecule has 8 heteroatoms. The zero-order valence-corrected chi connectivity index (χ0v) is 17.4. The number of anilines is 2. The lowest BCUT2D eigenvalue weighted by Crippen LogP contribution is -2.31. The summed E-state index contributed by atoms with van der Waals surface area (Å²) in [6.07, 6.45) is 2.85. The van der Waals surface area contributed by atoms with Gasteiger partial charge < -0.3 is 16.0 Å². The standard InChI is InChI=1S/C19H32N4O3S/c1-4-7-11-21-17-9-8-16(27(25,26)23(5-2)6-3)13-18(17)22-19(24)15-10-12-20-14-15/h8-9,13,15,20-21H,4-7,10-12,14H2,1-3H3,(H,22,24). The van der Waals surface area contributed by atoms with E-state index in [1.54, 1.807) is 18.2 Å². The van der Waals surface area contributed by atoms with Crippen molar-refractivity contribution in [2.45, 2.75) is 44.9 Å². The molecule has 1 aliphatic rings. The number of nitrogens with one attached hydrogen (secondary N) is 3. The number of carbonyl (C=O) groups excluding carboxylic acids is 1. The van der Waals surface area contributed by atoms with Crippen molar-refractivity contribution in [3.63, 3.8) is 0 Å². The summed E-state index contributed by atoms with van der Waals surface area (Å²) in [6, 6.07) is 4.92. The van der Waals surface area contributed by atoms with E-state index >= 15 is 0 Å². The van der Waals surface area contributed by atoms with Crippen LogP contribution in [0.1, 0.15) is 40.0 Å². The van der Waals surface area contributed by atoms with Gasteiger partial charge in [-0.3, -0.25) is 4.79 Å². The Morgan fingerprint density at radius 3 is 2.56 bits per heavy atom. The second kappa shape index (κ2) is 10.1. The zero-order chi connectivity index (χ0) is 19.9. The smallest absolute Gasteiger partial charge is 0.243 e. The maximum absolute atomic E-state index is 12.8. The molecule has 0 spiro atoms. The van der Waals surface area contributed by atoms with Crippen LogP contribution in [0.2, 0.25) is 0 Å². The van der Waals surface area contributed by atoms with Crippen LogP contribution in [0.4, 0.5) is 11.4 Å². The van der Waals surface area contributed by atoms with E-state index in [-0.39, 0.29) is 16.7 Å². The molecule has 1 fully saturated rings. The average Bonchev–Trinajstić information content (AvgIpc) is 3.18. The summed E-state index contributed by atoms with van der Waals surface area (Å²) in [4.78, 5) is 12.8. The van der Waals surface area contributed by atoms with Gasteiger partial charge in [0.2, 0.25) is 15.9 Å². The van der Waals surface area contributed by atoms with Gasteiger partial charge in [-0.2, -0.15) is 4.31 Å². The van der Waals surface area contributed by atoms with Crippen LogP contribution in [-0.2, 0) is 14.8 Å². The first-order valence-corrected chi connectivity index (χ1v) is 11.3. The number of rotatable bonds is 10. The molecule has 1 aliphatic heterocycles. The fourth-order valence-electron chi connectivity index (χ4n) is 3.17. The van der Waals surface area contributed by atoms with Crippen LogP contribution < -0.4 is 16.0 Å². The average molecular weight is 397 g/mol. The van der Waals surface area contributed by atoms with Gasteiger partial charge in [-0.05, 0) is 37.6 Å². The fraction of sp³-hybridized carbons (Fsp3) is 0.632. The van der Waals surface area contributed by atoms with Crippen LogP contribution in [0, 0.1) is 5.92 Å². The van der Waals surface area contributed by atoms with E-state index in [2.05, 4.69) is 22.9 Å². The SMILES string of the molecule is CCCCNc1ccc(S(=O)(=O)N(CC)CC)cc1NC(=O)C1CCNC1. The number of carbonyl (C=O) groups is 1. The molecule has 0 saturated carbocycles. The Morgan fingerprint density at radius 1 is 1.22 bits per heavy atom. The molecule has 1 unspecified atom stereocenters. The van der Waals surface area contributed by atoms with Gasteiger partial charge in [0.05, 0.1) is 22.2 Å². The molecule has 3 N–H and O–H groups in total. The summed E-state index contributed by atoms with van der Waals surface area (Å²) in [5.41, 5.74) is 1.28. The monoisotopic (exact) mass is 396 g/mol. The quantitative estimate of drug-likeness (QED) is 0.529. The van der Waals surface area contributed by atoms with E-state index in [1.807, 2.05) is 13.8 Å². The Bertz CT molecular complexity index is 726. The maximum Gasteiger partial charge on any atom is 0.243 e. The number of unbranched alkanes of at least 4 members (excludes halogenated alkanes) is 1. The van der Waals surface area contributed by atoms with Crippen molar-refractivity contribution in [1.82, 2.24) is 9.62 Å².